The summed E-state index contributed by atoms with van der Waals surface area (Å²) in [6.45, 7) is 4.04. The van der Waals surface area contributed by atoms with Crippen molar-refractivity contribution in [3.8, 4) is 28.7 Å². The van der Waals surface area contributed by atoms with Gasteiger partial charge in [0, 0.05) is 59.0 Å². The minimum absolute atomic E-state index is 0.0413. The predicted molar refractivity (Wildman–Crippen MR) is 326 cm³/mol. The van der Waals surface area contributed by atoms with Crippen molar-refractivity contribution in [1.29, 1.82) is 0 Å². The van der Waals surface area contributed by atoms with Gasteiger partial charge in [-0.25, -0.2) is 4.79 Å². The summed E-state index contributed by atoms with van der Waals surface area (Å²) in [6, 6.07) is 7.21. The Hall–Kier alpha value is -9.17. The number of aliphatic hydroxyl groups is 2. The Labute approximate surface area is 528 Å². The van der Waals surface area contributed by atoms with Crippen LogP contribution in [0.4, 0.5) is 0 Å². The normalized spacial score (nSPS) is 22.9. The van der Waals surface area contributed by atoms with Crippen molar-refractivity contribution in [3.05, 3.63) is 112 Å². The number of aliphatic hydroxyl groups excluding tert-OH is 2. The average molecular weight is 1300 g/mol. The number of likely N-dealkylation sites (tertiary alicyclic amines) is 1. The fourth-order valence-corrected chi connectivity index (χ4v) is 13.1. The number of fused-ring (bicyclic) bond motifs is 6. The first kappa shape index (κ1) is 67.8. The van der Waals surface area contributed by atoms with Gasteiger partial charge in [-0.15, -0.1) is 0 Å². The van der Waals surface area contributed by atoms with Crippen LogP contribution in [0.3, 0.4) is 0 Å². The number of nitrogens with one attached hydrogen (secondary N) is 8. The van der Waals surface area contributed by atoms with Crippen LogP contribution in [0.1, 0.15) is 108 Å². The zero-order valence-electron chi connectivity index (χ0n) is 49.5. The van der Waals surface area contributed by atoms with E-state index in [0.29, 0.717) is 11.1 Å². The van der Waals surface area contributed by atoms with Crippen LogP contribution in [0.15, 0.2) is 78.9 Å². The third kappa shape index (κ3) is 15.5. The highest BCUT2D eigenvalue weighted by atomic mass is 33.1. The second-order valence-electron chi connectivity index (χ2n) is 22.2. The van der Waals surface area contributed by atoms with Gasteiger partial charge >= 0.3 is 5.97 Å². The number of nitrogens with zero attached hydrogens (tertiary/aromatic N) is 1. The summed E-state index contributed by atoms with van der Waals surface area (Å²) in [4.78, 5) is 154. The van der Waals surface area contributed by atoms with E-state index in [1.165, 1.54) is 78.9 Å². The molecular weight excluding hydrogens is 1230 g/mol. The molecule has 486 valence electrons. The third-order valence-corrected chi connectivity index (χ3v) is 18.3. The molecule has 3 unspecified atom stereocenters. The number of carbonyl (C=O) groups is 11. The fourth-order valence-electron chi connectivity index (χ4n) is 10.9. The maximum atomic E-state index is 14.8. The average Bonchev–Trinajstić information content (AvgIpc) is 1.62. The standard InChI is InChI=1S/C60H71N11O18S2/c1-4-28(2)47-55(83)69-48(29(3)72)56(84)66-40(24-46(62)77)52(80)67-41(25-90-91-26-43(76)54(82)70-49(57(85)68-47)30-9-12-32(73)13-10-30)58(86)71-20-6-8-42(71)53(81)65-39(51(79)64-27-61)7-5-19-63-50(78)31-11-16-35-38(21-31)60(89-59(35)87)36-17-14-33(74)22-44(36)88-45-23-34(75)15-18-37(45)60/h9-18,21-23,28-29,39-43,47-49,72-76H,4-8,19-20,24-27,61H2,1-3H3,(H2,62,77)(H,63,78)(H,64,79)(H,65,81)(H,66,84)(H,67,80)(H,68,85)(H,69,83)(H,70,82)/t28?,29?,39-,40+,41+,42+,43?,47+,48+,49-/m0/s1. The molecule has 4 aliphatic rings. The van der Waals surface area contributed by atoms with Crippen LogP contribution in [-0.2, 0) is 53.5 Å². The van der Waals surface area contributed by atoms with Crippen LogP contribution in [0.25, 0.3) is 0 Å². The van der Waals surface area contributed by atoms with Gasteiger partial charge in [0.25, 0.3) is 11.8 Å². The number of amides is 10. The van der Waals surface area contributed by atoms with Gasteiger partial charge in [-0.3, -0.25) is 47.9 Å². The molecule has 4 aromatic rings. The molecule has 17 N–H and O–H groups in total. The van der Waals surface area contributed by atoms with Gasteiger partial charge in [0.15, 0.2) is 5.60 Å². The fraction of sp³-hybridized carbons (Fsp3) is 0.417. The Morgan fingerprint density at radius 2 is 1.38 bits per heavy atom. The molecule has 0 aliphatic carbocycles. The summed E-state index contributed by atoms with van der Waals surface area (Å²) >= 11 is 0. The summed E-state index contributed by atoms with van der Waals surface area (Å²) in [5, 5.41) is 72.9. The molecule has 31 heteroatoms. The number of benzene rings is 4. The van der Waals surface area contributed by atoms with Crippen molar-refractivity contribution < 1.29 is 87.7 Å². The number of carbonyl (C=O) groups excluding carboxylic acids is 11. The van der Waals surface area contributed by atoms with Gasteiger partial charge in [0.05, 0.1) is 24.8 Å². The second kappa shape index (κ2) is 29.6. The maximum absolute atomic E-state index is 14.8. The Morgan fingerprint density at radius 3 is 2.02 bits per heavy atom. The van der Waals surface area contributed by atoms with Crippen molar-refractivity contribution >= 4 is 86.6 Å². The van der Waals surface area contributed by atoms with Crippen LogP contribution in [-0.4, -0.2) is 175 Å². The molecule has 4 heterocycles. The number of hydrogen-bond acceptors (Lipinski definition) is 21. The van der Waals surface area contributed by atoms with E-state index >= 15 is 0 Å². The lowest BCUT2D eigenvalue weighted by Gasteiger charge is -2.36. The van der Waals surface area contributed by atoms with E-state index in [4.69, 9.17) is 20.9 Å². The number of nitrogens with two attached hydrogens (primary N) is 2. The second-order valence-corrected chi connectivity index (χ2v) is 24.7. The minimum atomic E-state index is -1.84. The van der Waals surface area contributed by atoms with Crippen LogP contribution >= 0.6 is 21.6 Å². The van der Waals surface area contributed by atoms with E-state index in [1.54, 1.807) is 13.8 Å². The highest BCUT2D eigenvalue weighted by Gasteiger charge is 2.54. The van der Waals surface area contributed by atoms with Crippen molar-refractivity contribution in [1.82, 2.24) is 47.4 Å². The quantitative estimate of drug-likeness (QED) is 0.0284. The topological polar surface area (TPSA) is 459 Å². The molecular formula is C60H71N11O18S2. The molecule has 0 bridgehead atoms. The number of phenolic OH excluding ortho intramolecular Hbond substituents is 3. The molecule has 10 atom stereocenters. The van der Waals surface area contributed by atoms with Crippen molar-refractivity contribution in [2.75, 3.05) is 31.3 Å². The Balaban J connectivity index is 0.980. The molecule has 91 heavy (non-hydrogen) atoms. The SMILES string of the molecule is CCC(C)[C@H]1NC(=O)[C@H](c2ccc(O)cc2)NC(=O)C(O)CSSC[C@H](C(=O)N2CCC[C@@H]2C(=O)N[C@@H](CCCNC(=O)c2ccc3c(c2)C2(OC3=O)c3ccc(O)cc3Oc3cc(O)ccc32)C(=O)NCN)NC(=O)[C@@H](CC(N)=O)NC(=O)[C@@H](C(C)O)NC1=O. The molecule has 0 aromatic heterocycles. The van der Waals surface area contributed by atoms with E-state index in [9.17, 15) is 78.3 Å². The summed E-state index contributed by atoms with van der Waals surface area (Å²) < 4.78 is 12.1. The van der Waals surface area contributed by atoms with Crippen molar-refractivity contribution in [2.45, 2.75) is 119 Å². The number of phenols is 3. The van der Waals surface area contributed by atoms with Crippen LogP contribution < -0.4 is 58.7 Å². The molecule has 4 aromatic carbocycles. The lowest BCUT2D eigenvalue weighted by atomic mass is 9.77. The van der Waals surface area contributed by atoms with E-state index in [-0.39, 0.29) is 114 Å². The van der Waals surface area contributed by atoms with Crippen molar-refractivity contribution in [2.24, 2.45) is 17.4 Å². The molecule has 0 radical (unpaired) electrons. The smallest absolute Gasteiger partial charge is 0.340 e. The van der Waals surface area contributed by atoms with Gasteiger partial charge < -0.3 is 93.9 Å². The zero-order valence-corrected chi connectivity index (χ0v) is 51.2. The largest absolute Gasteiger partial charge is 0.508 e. The van der Waals surface area contributed by atoms with Gasteiger partial charge in [-0.2, -0.15) is 0 Å². The molecule has 8 rings (SSSR count). The molecule has 0 saturated carbocycles. The number of aromatic hydroxyl groups is 3. The molecule has 10 amide bonds. The minimum Gasteiger partial charge on any atom is -0.508 e. The lowest BCUT2D eigenvalue weighted by molar-refractivity contribution is -0.142. The summed E-state index contributed by atoms with van der Waals surface area (Å²) in [5.41, 5.74) is 10.9. The van der Waals surface area contributed by atoms with E-state index < -0.39 is 137 Å². The molecule has 1 spiro atoms. The first-order chi connectivity index (χ1) is 43.3. The van der Waals surface area contributed by atoms with Crippen LogP contribution in [0.5, 0.6) is 28.7 Å². The highest BCUT2D eigenvalue weighted by molar-refractivity contribution is 8.76. The number of hydrogen-bond donors (Lipinski definition) is 15. The predicted octanol–water partition coefficient (Wildman–Crippen LogP) is -0.755. The molecule has 29 nitrogen and oxygen atoms in total. The van der Waals surface area contributed by atoms with Gasteiger partial charge in [0.2, 0.25) is 47.3 Å². The number of rotatable bonds is 16. The Morgan fingerprint density at radius 1 is 0.747 bits per heavy atom. The first-order valence-electron chi connectivity index (χ1n) is 29.1. The van der Waals surface area contributed by atoms with Gasteiger partial charge in [0.1, 0.15) is 77.1 Å². The van der Waals surface area contributed by atoms with E-state index in [0.717, 1.165) is 33.4 Å². The van der Waals surface area contributed by atoms with E-state index in [2.05, 4.69) is 42.5 Å². The summed E-state index contributed by atoms with van der Waals surface area (Å²) in [5.74, 6) is -11.6. The van der Waals surface area contributed by atoms with Crippen LogP contribution in [0, 0.1) is 5.92 Å². The summed E-state index contributed by atoms with van der Waals surface area (Å²) in [6.07, 6.45) is -3.71. The van der Waals surface area contributed by atoms with Crippen LogP contribution in [0.2, 0.25) is 0 Å². The molecule has 2 fully saturated rings. The number of ether oxygens (including phenoxy) is 2. The van der Waals surface area contributed by atoms with Gasteiger partial charge in [-0.05, 0) is 98.7 Å². The highest BCUT2D eigenvalue weighted by Crippen LogP contribution is 2.57. The van der Waals surface area contributed by atoms with E-state index in [1.807, 2.05) is 0 Å². The molecule has 2 saturated heterocycles. The Kier molecular flexibility index (Phi) is 22.1. The maximum Gasteiger partial charge on any atom is 0.340 e. The zero-order chi connectivity index (χ0) is 66.0. The number of esters is 1. The first-order valence-corrected chi connectivity index (χ1v) is 31.6. The number of primary amides is 1. The molecule has 4 aliphatic heterocycles. The van der Waals surface area contributed by atoms with Crippen molar-refractivity contribution in [3.63, 3.8) is 0 Å². The monoisotopic (exact) mass is 1300 g/mol. The lowest BCUT2D eigenvalue weighted by Crippen LogP contribution is -2.62. The third-order valence-electron chi connectivity index (χ3n) is 15.9. The van der Waals surface area contributed by atoms with Gasteiger partial charge in [-0.1, -0.05) is 54.0 Å². The Bertz CT molecular complexity index is 3430. The summed E-state index contributed by atoms with van der Waals surface area (Å²) in [7, 11) is 1.76.